The highest BCUT2D eigenvalue weighted by molar-refractivity contribution is 5.85. The second-order valence-electron chi connectivity index (χ2n) is 4.40. The highest BCUT2D eigenvalue weighted by Crippen LogP contribution is 2.25. The topological polar surface area (TPSA) is 50.4 Å². The maximum absolute atomic E-state index is 10.7. The normalized spacial score (nSPS) is 12.3. The summed E-state index contributed by atoms with van der Waals surface area (Å²) in [5.74, 6) is 0.0433. The van der Waals surface area contributed by atoms with E-state index >= 15 is 0 Å². The molecule has 0 aliphatic carbocycles. The van der Waals surface area contributed by atoms with Gasteiger partial charge in [-0.2, -0.15) is 0 Å². The molecule has 3 nitrogen and oxygen atoms in total. The fourth-order valence-electron chi connectivity index (χ4n) is 1.82. The Morgan fingerprint density at radius 2 is 1.89 bits per heavy atom. The van der Waals surface area contributed by atoms with Gasteiger partial charge in [-0.25, -0.2) is 4.79 Å². The molecule has 18 heavy (non-hydrogen) atoms. The van der Waals surface area contributed by atoms with Crippen molar-refractivity contribution in [3.63, 3.8) is 0 Å². The van der Waals surface area contributed by atoms with Crippen LogP contribution in [-0.2, 0) is 0 Å². The van der Waals surface area contributed by atoms with E-state index in [1.165, 1.54) is 11.6 Å². The standard InChI is InChI=1S/C15H16O3/c1-3-10(2)11-4-6-12(7-5-11)13-8-9-14(18-13)15(16)17/h4-10H,3H2,1-2H3,(H,16,17). The quantitative estimate of drug-likeness (QED) is 0.878. The fraction of sp³-hybridized carbons (Fsp3) is 0.267. The summed E-state index contributed by atoms with van der Waals surface area (Å²) in [5.41, 5.74) is 2.18. The van der Waals surface area contributed by atoms with Crippen LogP contribution in [0.2, 0.25) is 0 Å². The molecule has 0 spiro atoms. The van der Waals surface area contributed by atoms with Gasteiger partial charge in [-0.05, 0) is 30.0 Å². The van der Waals surface area contributed by atoms with Gasteiger partial charge in [0, 0.05) is 5.56 Å². The first-order valence-electron chi connectivity index (χ1n) is 6.05. The van der Waals surface area contributed by atoms with Crippen molar-refractivity contribution in [1.82, 2.24) is 0 Å². The van der Waals surface area contributed by atoms with Crippen molar-refractivity contribution in [3.8, 4) is 11.3 Å². The molecule has 1 aromatic heterocycles. The second-order valence-corrected chi connectivity index (χ2v) is 4.40. The van der Waals surface area contributed by atoms with Crippen molar-refractivity contribution in [3.05, 3.63) is 47.7 Å². The molecule has 1 atom stereocenters. The highest BCUT2D eigenvalue weighted by atomic mass is 16.4. The van der Waals surface area contributed by atoms with Gasteiger partial charge in [-0.1, -0.05) is 38.1 Å². The first kappa shape index (κ1) is 12.4. The van der Waals surface area contributed by atoms with Crippen molar-refractivity contribution >= 4 is 5.97 Å². The molecule has 1 unspecified atom stereocenters. The lowest BCUT2D eigenvalue weighted by Gasteiger charge is -2.08. The van der Waals surface area contributed by atoms with Crippen molar-refractivity contribution in [2.75, 3.05) is 0 Å². The number of furan rings is 1. The monoisotopic (exact) mass is 244 g/mol. The molecule has 0 aliphatic rings. The molecular weight excluding hydrogens is 228 g/mol. The Labute approximate surface area is 106 Å². The predicted molar refractivity (Wildman–Crippen MR) is 69.8 cm³/mol. The largest absolute Gasteiger partial charge is 0.475 e. The Morgan fingerprint density at radius 3 is 2.39 bits per heavy atom. The van der Waals surface area contributed by atoms with E-state index in [1.54, 1.807) is 6.07 Å². The second kappa shape index (κ2) is 5.08. The maximum atomic E-state index is 10.7. The average molecular weight is 244 g/mol. The van der Waals surface area contributed by atoms with Gasteiger partial charge in [-0.3, -0.25) is 0 Å². The van der Waals surface area contributed by atoms with Crippen LogP contribution in [0.4, 0.5) is 0 Å². The molecule has 0 radical (unpaired) electrons. The minimum absolute atomic E-state index is 0.0315. The van der Waals surface area contributed by atoms with E-state index in [4.69, 9.17) is 9.52 Å². The van der Waals surface area contributed by atoms with Crippen LogP contribution in [0.1, 0.15) is 42.3 Å². The Kier molecular flexibility index (Phi) is 3.51. The third-order valence-corrected chi connectivity index (χ3v) is 3.19. The number of carboxylic acid groups (broad SMARTS) is 1. The van der Waals surface area contributed by atoms with Crippen molar-refractivity contribution in [2.24, 2.45) is 0 Å². The first-order chi connectivity index (χ1) is 8.61. The van der Waals surface area contributed by atoms with E-state index in [0.29, 0.717) is 11.7 Å². The molecule has 2 aromatic rings. The van der Waals surface area contributed by atoms with Crippen molar-refractivity contribution < 1.29 is 14.3 Å². The minimum atomic E-state index is -1.04. The number of carboxylic acids is 1. The Bertz CT molecular complexity index is 537. The molecule has 0 aliphatic heterocycles. The molecule has 0 fully saturated rings. The minimum Gasteiger partial charge on any atom is -0.475 e. The van der Waals surface area contributed by atoms with E-state index in [9.17, 15) is 4.79 Å². The predicted octanol–water partition coefficient (Wildman–Crippen LogP) is 4.16. The maximum Gasteiger partial charge on any atom is 0.371 e. The summed E-state index contributed by atoms with van der Waals surface area (Å²) < 4.78 is 5.26. The zero-order valence-electron chi connectivity index (χ0n) is 10.5. The van der Waals surface area contributed by atoms with Crippen LogP contribution in [0.15, 0.2) is 40.8 Å². The van der Waals surface area contributed by atoms with Gasteiger partial charge >= 0.3 is 5.97 Å². The SMILES string of the molecule is CCC(C)c1ccc(-c2ccc(C(=O)O)o2)cc1. The first-order valence-corrected chi connectivity index (χ1v) is 6.05. The van der Waals surface area contributed by atoms with E-state index in [1.807, 2.05) is 12.1 Å². The van der Waals surface area contributed by atoms with Gasteiger partial charge in [0.1, 0.15) is 5.76 Å². The van der Waals surface area contributed by atoms with Gasteiger partial charge in [0.05, 0.1) is 0 Å². The van der Waals surface area contributed by atoms with Crippen LogP contribution in [0.3, 0.4) is 0 Å². The van der Waals surface area contributed by atoms with Crippen molar-refractivity contribution in [1.29, 1.82) is 0 Å². The fourth-order valence-corrected chi connectivity index (χ4v) is 1.82. The number of aromatic carboxylic acids is 1. The molecule has 94 valence electrons. The Morgan fingerprint density at radius 1 is 1.22 bits per heavy atom. The van der Waals surface area contributed by atoms with Crippen LogP contribution in [-0.4, -0.2) is 11.1 Å². The van der Waals surface area contributed by atoms with Crippen LogP contribution in [0.5, 0.6) is 0 Å². The lowest BCUT2D eigenvalue weighted by molar-refractivity contribution is 0.0663. The van der Waals surface area contributed by atoms with Crippen LogP contribution in [0.25, 0.3) is 11.3 Å². The Hall–Kier alpha value is -2.03. The number of hydrogen-bond acceptors (Lipinski definition) is 2. The molecule has 0 amide bonds. The molecule has 1 aromatic carbocycles. The molecule has 3 heteroatoms. The van der Waals surface area contributed by atoms with Gasteiger partial charge in [-0.15, -0.1) is 0 Å². The molecule has 0 saturated heterocycles. The van der Waals surface area contributed by atoms with Gasteiger partial charge in [0.2, 0.25) is 5.76 Å². The van der Waals surface area contributed by atoms with Crippen LogP contribution in [0, 0.1) is 0 Å². The van der Waals surface area contributed by atoms with Crippen LogP contribution >= 0.6 is 0 Å². The summed E-state index contributed by atoms with van der Waals surface area (Å²) in [5, 5.41) is 8.80. The summed E-state index contributed by atoms with van der Waals surface area (Å²) in [6.45, 7) is 4.34. The summed E-state index contributed by atoms with van der Waals surface area (Å²) in [7, 11) is 0. The molecule has 2 rings (SSSR count). The number of hydrogen-bond donors (Lipinski definition) is 1. The van der Waals surface area contributed by atoms with Gasteiger partial charge in [0.25, 0.3) is 0 Å². The third kappa shape index (κ3) is 2.45. The molecular formula is C15H16O3. The summed E-state index contributed by atoms with van der Waals surface area (Å²) in [6.07, 6.45) is 1.10. The zero-order valence-corrected chi connectivity index (χ0v) is 10.5. The van der Waals surface area contributed by atoms with E-state index in [0.717, 1.165) is 12.0 Å². The van der Waals surface area contributed by atoms with Crippen molar-refractivity contribution in [2.45, 2.75) is 26.2 Å². The lowest BCUT2D eigenvalue weighted by atomic mass is 9.97. The molecule has 0 saturated carbocycles. The number of rotatable bonds is 4. The highest BCUT2D eigenvalue weighted by Gasteiger charge is 2.10. The zero-order chi connectivity index (χ0) is 13.1. The smallest absolute Gasteiger partial charge is 0.371 e. The Balaban J connectivity index is 2.25. The van der Waals surface area contributed by atoms with E-state index < -0.39 is 5.97 Å². The number of benzene rings is 1. The van der Waals surface area contributed by atoms with E-state index in [-0.39, 0.29) is 5.76 Å². The van der Waals surface area contributed by atoms with Crippen LogP contribution < -0.4 is 0 Å². The summed E-state index contributed by atoms with van der Waals surface area (Å²) in [6, 6.07) is 11.2. The molecule has 0 bridgehead atoms. The summed E-state index contributed by atoms with van der Waals surface area (Å²) >= 11 is 0. The number of carbonyl (C=O) groups is 1. The lowest BCUT2D eigenvalue weighted by Crippen LogP contribution is -1.92. The van der Waals surface area contributed by atoms with E-state index in [2.05, 4.69) is 26.0 Å². The average Bonchev–Trinajstić information content (AvgIpc) is 2.88. The summed E-state index contributed by atoms with van der Waals surface area (Å²) in [4.78, 5) is 10.7. The van der Waals surface area contributed by atoms with Gasteiger partial charge in [0.15, 0.2) is 0 Å². The molecule has 1 heterocycles. The van der Waals surface area contributed by atoms with Gasteiger partial charge < -0.3 is 9.52 Å². The molecule has 1 N–H and O–H groups in total. The third-order valence-electron chi connectivity index (χ3n) is 3.19.